The van der Waals surface area contributed by atoms with Crippen LogP contribution in [-0.4, -0.2) is 22.8 Å². The second-order valence-corrected chi connectivity index (χ2v) is 6.45. The Labute approximate surface area is 128 Å². The van der Waals surface area contributed by atoms with E-state index in [9.17, 15) is 0 Å². The Morgan fingerprint density at radius 2 is 2.35 bits per heavy atom. The Bertz CT molecular complexity index is 603. The van der Waals surface area contributed by atoms with Crippen molar-refractivity contribution in [1.29, 1.82) is 0 Å². The van der Waals surface area contributed by atoms with Crippen LogP contribution in [0.2, 0.25) is 5.02 Å². The fourth-order valence-corrected chi connectivity index (χ4v) is 3.30. The van der Waals surface area contributed by atoms with Crippen molar-refractivity contribution in [3.8, 4) is 0 Å². The van der Waals surface area contributed by atoms with Crippen LogP contribution < -0.4 is 0 Å². The molecule has 5 heteroatoms. The zero-order valence-electron chi connectivity index (χ0n) is 11.5. The highest BCUT2D eigenvalue weighted by molar-refractivity contribution is 6.35. The van der Waals surface area contributed by atoms with Gasteiger partial charge >= 0.3 is 0 Å². The van der Waals surface area contributed by atoms with Gasteiger partial charge in [0.1, 0.15) is 5.82 Å². The van der Waals surface area contributed by atoms with Crippen LogP contribution in [0.3, 0.4) is 0 Å². The van der Waals surface area contributed by atoms with E-state index in [1.807, 2.05) is 25.1 Å². The van der Waals surface area contributed by atoms with Gasteiger partial charge in [-0.1, -0.05) is 17.7 Å². The van der Waals surface area contributed by atoms with Crippen LogP contribution in [0.1, 0.15) is 31.0 Å². The van der Waals surface area contributed by atoms with Crippen molar-refractivity contribution in [3.63, 3.8) is 0 Å². The Kier molecular flexibility index (Phi) is 4.20. The summed E-state index contributed by atoms with van der Waals surface area (Å²) in [4.78, 5) is 4.64. The molecule has 0 N–H and O–H groups in total. The van der Waals surface area contributed by atoms with Gasteiger partial charge in [0.05, 0.1) is 28.0 Å². The van der Waals surface area contributed by atoms with E-state index in [1.54, 1.807) is 0 Å². The maximum atomic E-state index is 6.36. The minimum atomic E-state index is -0.136. The lowest BCUT2D eigenvalue weighted by Crippen LogP contribution is -2.23. The van der Waals surface area contributed by atoms with Crippen LogP contribution in [0.4, 0.5) is 0 Å². The van der Waals surface area contributed by atoms with Gasteiger partial charge in [-0.15, -0.1) is 11.6 Å². The first-order valence-corrected chi connectivity index (χ1v) is 7.84. The highest BCUT2D eigenvalue weighted by atomic mass is 35.5. The van der Waals surface area contributed by atoms with Gasteiger partial charge in [-0.25, -0.2) is 4.98 Å². The van der Waals surface area contributed by atoms with E-state index >= 15 is 0 Å². The molecular weight excluding hydrogens is 295 g/mol. The highest BCUT2D eigenvalue weighted by Gasteiger charge is 2.21. The van der Waals surface area contributed by atoms with E-state index in [4.69, 9.17) is 27.9 Å². The van der Waals surface area contributed by atoms with Gasteiger partial charge in [-0.05, 0) is 31.9 Å². The molecule has 0 amide bonds. The molecule has 20 heavy (non-hydrogen) atoms. The summed E-state index contributed by atoms with van der Waals surface area (Å²) in [5, 5.41) is 0.596. The monoisotopic (exact) mass is 312 g/mol. The summed E-state index contributed by atoms with van der Waals surface area (Å²) in [6.45, 7) is 4.50. The smallest absolute Gasteiger partial charge is 0.127 e. The lowest BCUT2D eigenvalue weighted by atomic mass is 10.0. The average molecular weight is 313 g/mol. The van der Waals surface area contributed by atoms with Crippen LogP contribution in [0.25, 0.3) is 11.0 Å². The molecule has 2 aromatic rings. The van der Waals surface area contributed by atoms with Crippen LogP contribution >= 0.6 is 23.2 Å². The number of rotatable bonds is 3. The van der Waals surface area contributed by atoms with Crippen molar-refractivity contribution in [3.05, 3.63) is 29.0 Å². The van der Waals surface area contributed by atoms with Gasteiger partial charge in [-0.3, -0.25) is 0 Å². The summed E-state index contributed by atoms with van der Waals surface area (Å²) < 4.78 is 7.75. The number of ether oxygens (including phenoxy) is 1. The molecule has 2 unspecified atom stereocenters. The molecule has 108 valence electrons. The minimum absolute atomic E-state index is 0.136. The molecule has 0 bridgehead atoms. The molecule has 2 atom stereocenters. The van der Waals surface area contributed by atoms with Gasteiger partial charge in [-0.2, -0.15) is 0 Å². The molecular formula is C15H18Cl2N2O. The second-order valence-electron chi connectivity index (χ2n) is 5.39. The molecule has 0 radical (unpaired) electrons. The molecule has 3 nitrogen and oxygen atoms in total. The summed E-state index contributed by atoms with van der Waals surface area (Å²) >= 11 is 12.7. The van der Waals surface area contributed by atoms with Crippen molar-refractivity contribution >= 4 is 34.2 Å². The number of imidazole rings is 1. The Morgan fingerprint density at radius 3 is 3.05 bits per heavy atom. The number of alkyl halides is 1. The molecule has 1 aromatic carbocycles. The molecule has 1 saturated heterocycles. The predicted octanol–water partition coefficient (Wildman–Crippen LogP) is 4.42. The number of benzene rings is 1. The van der Waals surface area contributed by atoms with Crippen molar-refractivity contribution in [2.75, 3.05) is 13.2 Å². The zero-order chi connectivity index (χ0) is 14.1. The van der Waals surface area contributed by atoms with Crippen molar-refractivity contribution in [2.45, 2.75) is 31.7 Å². The number of para-hydroxylation sites is 1. The van der Waals surface area contributed by atoms with Crippen molar-refractivity contribution in [1.82, 2.24) is 9.55 Å². The molecule has 1 aliphatic rings. The summed E-state index contributed by atoms with van der Waals surface area (Å²) in [5.74, 6) is 1.40. The van der Waals surface area contributed by atoms with Crippen LogP contribution in [-0.2, 0) is 11.3 Å². The maximum Gasteiger partial charge on any atom is 0.127 e. The van der Waals surface area contributed by atoms with Gasteiger partial charge in [0.2, 0.25) is 0 Å². The number of nitrogens with zero attached hydrogens (tertiary/aromatic N) is 2. The minimum Gasteiger partial charge on any atom is -0.381 e. The third kappa shape index (κ3) is 2.67. The first-order valence-electron chi connectivity index (χ1n) is 7.03. The van der Waals surface area contributed by atoms with Gasteiger partial charge < -0.3 is 9.30 Å². The SMILES string of the molecule is CC(Cl)c1nc2cccc(Cl)c2n1CC1CCCOC1. The van der Waals surface area contributed by atoms with Crippen molar-refractivity contribution < 1.29 is 4.74 Å². The Hall–Kier alpha value is -0.770. The summed E-state index contributed by atoms with van der Waals surface area (Å²) in [6, 6.07) is 5.81. The highest BCUT2D eigenvalue weighted by Crippen LogP contribution is 2.31. The number of aromatic nitrogens is 2. The van der Waals surface area contributed by atoms with E-state index in [0.717, 1.165) is 48.1 Å². The van der Waals surface area contributed by atoms with E-state index in [2.05, 4.69) is 9.55 Å². The second kappa shape index (κ2) is 5.92. The topological polar surface area (TPSA) is 27.1 Å². The van der Waals surface area contributed by atoms with Gasteiger partial charge in [0, 0.05) is 19.1 Å². The van der Waals surface area contributed by atoms with Crippen LogP contribution in [0, 0.1) is 5.92 Å². The van der Waals surface area contributed by atoms with E-state index in [-0.39, 0.29) is 5.38 Å². The van der Waals surface area contributed by atoms with E-state index < -0.39 is 0 Å². The van der Waals surface area contributed by atoms with Gasteiger partial charge in [0.25, 0.3) is 0 Å². The molecule has 0 aliphatic carbocycles. The largest absolute Gasteiger partial charge is 0.381 e. The Balaban J connectivity index is 2.03. The van der Waals surface area contributed by atoms with Crippen molar-refractivity contribution in [2.24, 2.45) is 5.92 Å². The maximum absolute atomic E-state index is 6.36. The summed E-state index contributed by atoms with van der Waals surface area (Å²) in [5.41, 5.74) is 1.90. The summed E-state index contributed by atoms with van der Waals surface area (Å²) in [6.07, 6.45) is 2.30. The Morgan fingerprint density at radius 1 is 1.50 bits per heavy atom. The van der Waals surface area contributed by atoms with Crippen LogP contribution in [0.5, 0.6) is 0 Å². The van der Waals surface area contributed by atoms with E-state index in [0.29, 0.717) is 5.92 Å². The molecule has 0 saturated carbocycles. The molecule has 0 spiro atoms. The predicted molar refractivity (Wildman–Crippen MR) is 82.6 cm³/mol. The lowest BCUT2D eigenvalue weighted by Gasteiger charge is -2.24. The fourth-order valence-electron chi connectivity index (χ4n) is 2.86. The normalized spacial score (nSPS) is 21.2. The number of fused-ring (bicyclic) bond motifs is 1. The van der Waals surface area contributed by atoms with E-state index in [1.165, 1.54) is 6.42 Å². The third-order valence-corrected chi connectivity index (χ3v) is 4.30. The quantitative estimate of drug-likeness (QED) is 0.785. The number of hydrogen-bond acceptors (Lipinski definition) is 2. The standard InChI is InChI=1S/C15H18Cl2N2O/c1-10(16)15-18-13-6-2-5-12(17)14(13)19(15)8-11-4-3-7-20-9-11/h2,5-6,10-11H,3-4,7-9H2,1H3. The van der Waals surface area contributed by atoms with Gasteiger partial charge in [0.15, 0.2) is 0 Å². The molecule has 1 aliphatic heterocycles. The van der Waals surface area contributed by atoms with Crippen LogP contribution in [0.15, 0.2) is 18.2 Å². The first-order chi connectivity index (χ1) is 9.66. The molecule has 1 fully saturated rings. The fraction of sp³-hybridized carbons (Fsp3) is 0.533. The molecule has 3 rings (SSSR count). The third-order valence-electron chi connectivity index (χ3n) is 3.80. The zero-order valence-corrected chi connectivity index (χ0v) is 13.0. The first kappa shape index (κ1) is 14.2. The average Bonchev–Trinajstić information content (AvgIpc) is 2.80. The summed E-state index contributed by atoms with van der Waals surface area (Å²) in [7, 11) is 0. The number of hydrogen-bond donors (Lipinski definition) is 0. The number of halogens is 2. The lowest BCUT2D eigenvalue weighted by molar-refractivity contribution is 0.0485. The molecule has 1 aromatic heterocycles. The molecule has 2 heterocycles.